The van der Waals surface area contributed by atoms with Crippen LogP contribution in [0.1, 0.15) is 0 Å². The van der Waals surface area contributed by atoms with Crippen LogP contribution in [0, 0.1) is 23.8 Å². The van der Waals surface area contributed by atoms with Gasteiger partial charge in [0.2, 0.25) is 0 Å². The number of aryl methyl sites for hydroxylation is 2. The molecular formula is C25H20F2IrN5. The average molecular weight is 621 g/mol. The van der Waals surface area contributed by atoms with E-state index in [1.54, 1.807) is 54.2 Å². The van der Waals surface area contributed by atoms with Crippen molar-refractivity contribution >= 4 is 0 Å². The fourth-order valence-corrected chi connectivity index (χ4v) is 3.11. The second kappa shape index (κ2) is 10.9. The van der Waals surface area contributed by atoms with Crippen LogP contribution in [-0.2, 0) is 34.2 Å². The summed E-state index contributed by atoms with van der Waals surface area (Å²) in [7, 11) is 3.47. The Morgan fingerprint density at radius 2 is 1.36 bits per heavy atom. The maximum atomic E-state index is 14.0. The summed E-state index contributed by atoms with van der Waals surface area (Å²) < 4.78 is 31.2. The van der Waals surface area contributed by atoms with E-state index in [2.05, 4.69) is 27.1 Å². The number of halogens is 2. The molecule has 0 N–H and O–H groups in total. The number of imidazole rings is 2. The molecule has 0 saturated heterocycles. The molecule has 1 radical (unpaired) electrons. The third-order valence-electron chi connectivity index (χ3n) is 4.72. The Morgan fingerprint density at radius 3 is 1.82 bits per heavy atom. The Hall–Kier alpha value is -3.48. The van der Waals surface area contributed by atoms with Crippen LogP contribution in [0.5, 0.6) is 0 Å². The Balaban J connectivity index is 0.000000202. The number of hydrogen-bond donors (Lipinski definition) is 0. The quantitative estimate of drug-likeness (QED) is 0.271. The van der Waals surface area contributed by atoms with Gasteiger partial charge in [0.05, 0.1) is 23.3 Å². The number of nitrogens with zero attached hydrogens (tertiary/aromatic N) is 5. The molecule has 168 valence electrons. The fourth-order valence-electron chi connectivity index (χ4n) is 3.11. The van der Waals surface area contributed by atoms with Crippen molar-refractivity contribution < 1.29 is 28.9 Å². The van der Waals surface area contributed by atoms with E-state index in [0.717, 1.165) is 17.3 Å². The van der Waals surface area contributed by atoms with Crippen LogP contribution in [0.2, 0.25) is 0 Å². The summed E-state index contributed by atoms with van der Waals surface area (Å²) in [5.41, 5.74) is 2.25. The van der Waals surface area contributed by atoms with Crippen LogP contribution in [0.15, 0.2) is 79.5 Å². The molecule has 5 nitrogen and oxygen atoms in total. The first-order valence-corrected chi connectivity index (χ1v) is 9.79. The van der Waals surface area contributed by atoms with Crippen LogP contribution < -0.4 is 0 Å². The summed E-state index contributed by atoms with van der Waals surface area (Å²) in [5.74, 6) is -0.625. The van der Waals surface area contributed by atoms with E-state index in [1.165, 1.54) is 0 Å². The number of benzene rings is 2. The number of pyridine rings is 1. The summed E-state index contributed by atoms with van der Waals surface area (Å²) in [6.45, 7) is 0. The molecule has 0 bridgehead atoms. The first-order chi connectivity index (χ1) is 15.5. The number of rotatable bonds is 3. The van der Waals surface area contributed by atoms with Crippen LogP contribution in [-0.4, -0.2) is 24.1 Å². The molecule has 0 spiro atoms. The zero-order valence-electron chi connectivity index (χ0n) is 17.9. The monoisotopic (exact) mass is 621 g/mol. The van der Waals surface area contributed by atoms with E-state index in [0.29, 0.717) is 11.6 Å². The maximum absolute atomic E-state index is 14.0. The van der Waals surface area contributed by atoms with Gasteiger partial charge in [-0.1, -0.05) is 18.2 Å². The summed E-state index contributed by atoms with van der Waals surface area (Å²) >= 11 is 0. The molecule has 0 aliphatic heterocycles. The van der Waals surface area contributed by atoms with Gasteiger partial charge in [-0.05, 0) is 22.9 Å². The molecule has 2 aromatic carbocycles. The molecule has 0 amide bonds. The maximum Gasteiger partial charge on any atom is 0.0160 e. The predicted molar refractivity (Wildman–Crippen MR) is 120 cm³/mol. The SMILES string of the molecule is Cn1ccnc1-c1[c-]c(-c2nccn2C)c(F)cc1F.[IrH+2].[c-]1ccccc1-c1ccccn1. The van der Waals surface area contributed by atoms with Crippen LogP contribution >= 0.6 is 0 Å². The van der Waals surface area contributed by atoms with Gasteiger partial charge >= 0.3 is 20.1 Å². The van der Waals surface area contributed by atoms with Crippen molar-refractivity contribution in [3.8, 4) is 34.0 Å². The van der Waals surface area contributed by atoms with Crippen molar-refractivity contribution in [1.29, 1.82) is 0 Å². The van der Waals surface area contributed by atoms with Crippen LogP contribution in [0.25, 0.3) is 34.0 Å². The van der Waals surface area contributed by atoms with Crippen molar-refractivity contribution in [3.05, 3.63) is 103 Å². The molecule has 0 atom stereocenters. The summed E-state index contributed by atoms with van der Waals surface area (Å²) in [5, 5.41) is 0. The zero-order chi connectivity index (χ0) is 22.5. The second-order valence-electron chi connectivity index (χ2n) is 6.93. The molecule has 0 aliphatic rings. The largest absolute Gasteiger partial charge is 0.305 e. The molecule has 3 heterocycles. The molecule has 0 aliphatic carbocycles. The van der Waals surface area contributed by atoms with Gasteiger partial charge in [-0.3, -0.25) is 18.7 Å². The summed E-state index contributed by atoms with van der Waals surface area (Å²) in [4.78, 5) is 12.3. The first-order valence-electron chi connectivity index (χ1n) is 9.79. The van der Waals surface area contributed by atoms with Gasteiger partial charge < -0.3 is 14.1 Å². The third-order valence-corrected chi connectivity index (χ3v) is 4.72. The van der Waals surface area contributed by atoms with Gasteiger partial charge in [0, 0.05) is 45.1 Å². The van der Waals surface area contributed by atoms with E-state index in [9.17, 15) is 8.78 Å². The molecule has 8 heteroatoms. The predicted octanol–water partition coefficient (Wildman–Crippen LogP) is 4.84. The Kier molecular flexibility index (Phi) is 7.98. The van der Waals surface area contributed by atoms with E-state index >= 15 is 0 Å². The second-order valence-corrected chi connectivity index (χ2v) is 6.93. The van der Waals surface area contributed by atoms with Crippen molar-refractivity contribution in [1.82, 2.24) is 24.1 Å². The van der Waals surface area contributed by atoms with E-state index < -0.39 is 11.6 Å². The topological polar surface area (TPSA) is 48.5 Å². The summed E-state index contributed by atoms with van der Waals surface area (Å²) in [6.07, 6.45) is 8.26. The molecular weight excluding hydrogens is 601 g/mol. The van der Waals surface area contributed by atoms with Crippen LogP contribution in [0.3, 0.4) is 0 Å². The minimum absolute atomic E-state index is 0. The fraction of sp³-hybridized carbons (Fsp3) is 0.0800. The van der Waals surface area contributed by atoms with Gasteiger partial charge in [-0.15, -0.1) is 42.0 Å². The first kappa shape index (κ1) is 24.2. The Bertz CT molecular complexity index is 1220. The number of aromatic nitrogens is 5. The minimum atomic E-state index is -0.699. The van der Waals surface area contributed by atoms with Gasteiger partial charge in [-0.2, -0.15) is 0 Å². The minimum Gasteiger partial charge on any atom is -0.305 e. The zero-order valence-corrected chi connectivity index (χ0v) is 20.4. The molecule has 0 unspecified atom stereocenters. The van der Waals surface area contributed by atoms with E-state index in [-0.39, 0.29) is 31.2 Å². The average Bonchev–Trinajstić information content (AvgIpc) is 3.44. The van der Waals surface area contributed by atoms with Gasteiger partial charge in [0.25, 0.3) is 0 Å². The van der Waals surface area contributed by atoms with Gasteiger partial charge in [-0.25, -0.2) is 0 Å². The van der Waals surface area contributed by atoms with Crippen molar-refractivity contribution in [2.24, 2.45) is 14.1 Å². The number of hydrogen-bond acceptors (Lipinski definition) is 3. The van der Waals surface area contributed by atoms with Crippen molar-refractivity contribution in [3.63, 3.8) is 0 Å². The normalized spacial score (nSPS) is 10.2. The molecule has 5 aromatic rings. The Morgan fingerprint density at radius 1 is 0.758 bits per heavy atom. The molecule has 0 saturated carbocycles. The molecule has 5 rings (SSSR count). The van der Waals surface area contributed by atoms with Crippen LogP contribution in [0.4, 0.5) is 8.78 Å². The Labute approximate surface area is 204 Å². The van der Waals surface area contributed by atoms with Gasteiger partial charge in [0.15, 0.2) is 0 Å². The molecule has 3 aromatic heterocycles. The van der Waals surface area contributed by atoms with E-state index in [1.807, 2.05) is 42.5 Å². The van der Waals surface area contributed by atoms with E-state index in [4.69, 9.17) is 0 Å². The third kappa shape index (κ3) is 5.48. The molecule has 33 heavy (non-hydrogen) atoms. The van der Waals surface area contributed by atoms with Crippen molar-refractivity contribution in [2.75, 3.05) is 0 Å². The van der Waals surface area contributed by atoms with Crippen molar-refractivity contribution in [2.45, 2.75) is 0 Å². The standard InChI is InChI=1S/C14H11F2N4.C11H8N.Ir.H/c1-19-5-3-17-13(19)9-7-10(12(16)8-11(9)15)14-18-4-6-20(14)2;1-2-6-10(7-3-1)11-8-4-5-9-12-11;;/h3-6,8H,1-2H3;1-6,8-9H;;/q2*-1;+2;. The molecule has 0 fully saturated rings. The smallest absolute Gasteiger partial charge is 0.0160 e. The van der Waals surface area contributed by atoms with Gasteiger partial charge in [0.1, 0.15) is 0 Å². The summed E-state index contributed by atoms with van der Waals surface area (Å²) in [6, 6.07) is 20.4.